The summed E-state index contributed by atoms with van der Waals surface area (Å²) in [5.41, 5.74) is 0.490. The highest BCUT2D eigenvalue weighted by molar-refractivity contribution is 5.75. The number of carboxylic acid groups (broad SMARTS) is 1. The van der Waals surface area contributed by atoms with Crippen LogP contribution in [-0.2, 0) is 4.79 Å². The lowest BCUT2D eigenvalue weighted by atomic mass is 9.72. The van der Waals surface area contributed by atoms with Crippen molar-refractivity contribution in [2.75, 3.05) is 0 Å². The second-order valence-corrected chi connectivity index (χ2v) is 4.99. The quantitative estimate of drug-likeness (QED) is 0.720. The van der Waals surface area contributed by atoms with Gasteiger partial charge in [0.15, 0.2) is 0 Å². The summed E-state index contributed by atoms with van der Waals surface area (Å²) in [6.07, 6.45) is 8.06. The van der Waals surface area contributed by atoms with Crippen molar-refractivity contribution in [1.29, 1.82) is 0 Å². The molecule has 0 spiro atoms. The Morgan fingerprint density at radius 2 is 1.67 bits per heavy atom. The third-order valence-corrected chi connectivity index (χ3v) is 3.40. The molecule has 0 aromatic rings. The summed E-state index contributed by atoms with van der Waals surface area (Å²) in [5, 5.41) is 9.41. The Bertz CT molecular complexity index is 235. The average Bonchev–Trinajstić information content (AvgIpc) is 2.08. The molecule has 0 amide bonds. The Balaban J connectivity index is 2.75. The molecule has 0 radical (unpaired) electrons. The lowest BCUT2D eigenvalue weighted by Gasteiger charge is -2.31. The third-order valence-electron chi connectivity index (χ3n) is 3.40. The second-order valence-electron chi connectivity index (χ2n) is 4.99. The van der Waals surface area contributed by atoms with Crippen LogP contribution in [0.15, 0.2) is 12.2 Å². The van der Waals surface area contributed by atoms with Crippen LogP contribution in [0.1, 0.15) is 58.3 Å². The van der Waals surface area contributed by atoms with E-state index < -0.39 is 11.4 Å². The molecule has 15 heavy (non-hydrogen) atoms. The molecular weight excluding hydrogens is 188 g/mol. The molecule has 1 saturated carbocycles. The van der Waals surface area contributed by atoms with E-state index in [1.807, 2.05) is 6.92 Å². The molecule has 1 aliphatic carbocycles. The van der Waals surface area contributed by atoms with Crippen molar-refractivity contribution < 1.29 is 9.90 Å². The highest BCUT2D eigenvalue weighted by atomic mass is 16.4. The van der Waals surface area contributed by atoms with Gasteiger partial charge < -0.3 is 5.11 Å². The molecule has 0 unspecified atom stereocenters. The smallest absolute Gasteiger partial charge is 0.309 e. The van der Waals surface area contributed by atoms with Gasteiger partial charge in [0.05, 0.1) is 5.41 Å². The van der Waals surface area contributed by atoms with Crippen LogP contribution in [0, 0.1) is 5.41 Å². The van der Waals surface area contributed by atoms with Crippen LogP contribution in [0.4, 0.5) is 0 Å². The van der Waals surface area contributed by atoms with Crippen LogP contribution in [-0.4, -0.2) is 11.1 Å². The molecule has 86 valence electrons. The molecule has 2 nitrogen and oxygen atoms in total. The summed E-state index contributed by atoms with van der Waals surface area (Å²) in [6, 6.07) is 0. The van der Waals surface area contributed by atoms with E-state index in [9.17, 15) is 9.90 Å². The highest BCUT2D eigenvalue weighted by Crippen LogP contribution is 2.39. The first kappa shape index (κ1) is 12.3. The molecule has 0 aromatic heterocycles. The summed E-state index contributed by atoms with van der Waals surface area (Å²) in [6.45, 7) is 5.80. The zero-order valence-electron chi connectivity index (χ0n) is 9.72. The molecule has 0 aromatic carbocycles. The first-order valence-corrected chi connectivity index (χ1v) is 5.95. The van der Waals surface area contributed by atoms with Crippen molar-refractivity contribution in [1.82, 2.24) is 0 Å². The summed E-state index contributed by atoms with van der Waals surface area (Å²) in [4.78, 5) is 11.4. The van der Waals surface area contributed by atoms with Crippen molar-refractivity contribution in [2.24, 2.45) is 5.41 Å². The van der Waals surface area contributed by atoms with Gasteiger partial charge in [0.1, 0.15) is 0 Å². The topological polar surface area (TPSA) is 37.3 Å². The van der Waals surface area contributed by atoms with Crippen molar-refractivity contribution in [3.63, 3.8) is 0 Å². The molecule has 1 N–H and O–H groups in total. The molecule has 1 fully saturated rings. The SMILES string of the molecule is C=C(C)CC1(C(=O)O)CCCCCCC1. The molecule has 0 atom stereocenters. The van der Waals surface area contributed by atoms with Gasteiger partial charge >= 0.3 is 5.97 Å². The maximum absolute atomic E-state index is 11.4. The maximum Gasteiger partial charge on any atom is 0.309 e. The zero-order chi connectivity index (χ0) is 11.3. The van der Waals surface area contributed by atoms with Gasteiger partial charge in [-0.1, -0.05) is 37.7 Å². The van der Waals surface area contributed by atoms with Crippen molar-refractivity contribution in [2.45, 2.75) is 58.3 Å². The second kappa shape index (κ2) is 5.34. The number of carboxylic acids is 1. The normalized spacial score (nSPS) is 21.4. The van der Waals surface area contributed by atoms with Gasteiger partial charge in [-0.15, -0.1) is 6.58 Å². The minimum atomic E-state index is -0.618. The van der Waals surface area contributed by atoms with E-state index in [1.54, 1.807) is 0 Å². The lowest BCUT2D eigenvalue weighted by Crippen LogP contribution is -2.32. The molecule has 1 rings (SSSR count). The highest BCUT2D eigenvalue weighted by Gasteiger charge is 2.37. The largest absolute Gasteiger partial charge is 0.481 e. The van der Waals surface area contributed by atoms with Crippen molar-refractivity contribution in [3.05, 3.63) is 12.2 Å². The van der Waals surface area contributed by atoms with Crippen LogP contribution in [0.2, 0.25) is 0 Å². The van der Waals surface area contributed by atoms with Crippen LogP contribution < -0.4 is 0 Å². The van der Waals surface area contributed by atoms with Crippen LogP contribution >= 0.6 is 0 Å². The standard InChI is InChI=1S/C13H22O2/c1-11(2)10-13(12(14)15)8-6-4-3-5-7-9-13/h1,3-10H2,2H3,(H,14,15). The monoisotopic (exact) mass is 210 g/mol. The van der Waals surface area contributed by atoms with E-state index in [-0.39, 0.29) is 0 Å². The zero-order valence-corrected chi connectivity index (χ0v) is 9.72. The van der Waals surface area contributed by atoms with E-state index in [1.165, 1.54) is 19.3 Å². The van der Waals surface area contributed by atoms with E-state index in [2.05, 4.69) is 6.58 Å². The first-order valence-electron chi connectivity index (χ1n) is 5.95. The van der Waals surface area contributed by atoms with Crippen LogP contribution in [0.25, 0.3) is 0 Å². The Morgan fingerprint density at radius 3 is 2.07 bits per heavy atom. The number of hydrogen-bond donors (Lipinski definition) is 1. The van der Waals surface area contributed by atoms with Gasteiger partial charge in [-0.25, -0.2) is 0 Å². The van der Waals surface area contributed by atoms with Gasteiger partial charge in [0.2, 0.25) is 0 Å². The molecule has 0 bridgehead atoms. The van der Waals surface area contributed by atoms with Crippen LogP contribution in [0.3, 0.4) is 0 Å². The van der Waals surface area contributed by atoms with Gasteiger partial charge in [-0.05, 0) is 26.2 Å². The summed E-state index contributed by atoms with van der Waals surface area (Å²) in [7, 11) is 0. The number of hydrogen-bond acceptors (Lipinski definition) is 1. The Morgan fingerprint density at radius 1 is 1.20 bits per heavy atom. The molecule has 2 heteroatoms. The number of aliphatic carboxylic acids is 1. The lowest BCUT2D eigenvalue weighted by molar-refractivity contribution is -0.150. The van der Waals surface area contributed by atoms with E-state index in [0.717, 1.165) is 31.3 Å². The molecule has 0 heterocycles. The molecule has 0 saturated heterocycles. The minimum absolute atomic E-state index is 0.508. The van der Waals surface area contributed by atoms with Gasteiger partial charge in [-0.2, -0.15) is 0 Å². The molecule has 1 aliphatic rings. The van der Waals surface area contributed by atoms with E-state index >= 15 is 0 Å². The number of rotatable bonds is 3. The van der Waals surface area contributed by atoms with Gasteiger partial charge in [0, 0.05) is 0 Å². The minimum Gasteiger partial charge on any atom is -0.481 e. The Kier molecular flexibility index (Phi) is 4.37. The predicted octanol–water partition coefficient (Wildman–Crippen LogP) is 3.77. The first-order chi connectivity index (χ1) is 7.07. The van der Waals surface area contributed by atoms with Crippen molar-refractivity contribution in [3.8, 4) is 0 Å². The molecule has 0 aliphatic heterocycles. The fraction of sp³-hybridized carbons (Fsp3) is 0.769. The third kappa shape index (κ3) is 3.37. The van der Waals surface area contributed by atoms with Crippen molar-refractivity contribution >= 4 is 5.97 Å². The Labute approximate surface area is 92.4 Å². The van der Waals surface area contributed by atoms with E-state index in [0.29, 0.717) is 6.42 Å². The fourth-order valence-corrected chi connectivity index (χ4v) is 2.63. The maximum atomic E-state index is 11.4. The van der Waals surface area contributed by atoms with Gasteiger partial charge in [0.25, 0.3) is 0 Å². The predicted molar refractivity (Wildman–Crippen MR) is 61.8 cm³/mol. The summed E-state index contributed by atoms with van der Waals surface area (Å²) < 4.78 is 0. The molecular formula is C13H22O2. The summed E-state index contributed by atoms with van der Waals surface area (Å²) in [5.74, 6) is -0.618. The Hall–Kier alpha value is -0.790. The summed E-state index contributed by atoms with van der Waals surface area (Å²) >= 11 is 0. The number of carbonyl (C=O) groups is 1. The van der Waals surface area contributed by atoms with Gasteiger partial charge in [-0.3, -0.25) is 4.79 Å². The fourth-order valence-electron chi connectivity index (χ4n) is 2.63. The average molecular weight is 210 g/mol. The number of allylic oxidation sites excluding steroid dienone is 1. The van der Waals surface area contributed by atoms with E-state index in [4.69, 9.17) is 0 Å². The van der Waals surface area contributed by atoms with Crippen LogP contribution in [0.5, 0.6) is 0 Å².